The molecule has 0 bridgehead atoms. The van der Waals surface area contributed by atoms with Crippen molar-refractivity contribution in [2.75, 3.05) is 0 Å². The Hall–Kier alpha value is 0.757. The third kappa shape index (κ3) is 20.9. The summed E-state index contributed by atoms with van der Waals surface area (Å²) >= 11 is 16.6. The van der Waals surface area contributed by atoms with Gasteiger partial charge in [-0.2, -0.15) is 0 Å². The standard InChI is InChI=1S/C20H37Cl3O.H4Si/c1-2-3-4-5-6-7-8-9-10-11-12-13-14-15-16-17-18-19(24)20(21,22)23;/h2-18H2,1H3;1H4. The molecule has 0 amide bonds. The highest BCUT2D eigenvalue weighted by Crippen LogP contribution is 2.29. The van der Waals surface area contributed by atoms with Crippen LogP contribution in [-0.2, 0) is 4.79 Å². The summed E-state index contributed by atoms with van der Waals surface area (Å²) in [7, 11) is 0. The predicted molar refractivity (Wildman–Crippen MR) is 121 cm³/mol. The highest BCUT2D eigenvalue weighted by molar-refractivity contribution is 6.76. The molecule has 152 valence electrons. The summed E-state index contributed by atoms with van der Waals surface area (Å²) in [5.41, 5.74) is 0. The molecule has 0 aromatic carbocycles. The number of halogens is 3. The molecule has 0 atom stereocenters. The van der Waals surface area contributed by atoms with E-state index in [-0.39, 0.29) is 16.7 Å². The first-order chi connectivity index (χ1) is 11.5. The van der Waals surface area contributed by atoms with Crippen molar-refractivity contribution in [3.63, 3.8) is 0 Å². The summed E-state index contributed by atoms with van der Waals surface area (Å²) in [4.78, 5) is 11.4. The van der Waals surface area contributed by atoms with Gasteiger partial charge in [-0.3, -0.25) is 4.79 Å². The van der Waals surface area contributed by atoms with E-state index in [2.05, 4.69) is 6.92 Å². The van der Waals surface area contributed by atoms with E-state index < -0.39 is 3.79 Å². The van der Waals surface area contributed by atoms with Gasteiger partial charge in [0.05, 0.1) is 0 Å². The van der Waals surface area contributed by atoms with Crippen molar-refractivity contribution < 1.29 is 4.79 Å². The van der Waals surface area contributed by atoms with E-state index in [9.17, 15) is 4.79 Å². The van der Waals surface area contributed by atoms with Gasteiger partial charge in [0.1, 0.15) is 0 Å². The van der Waals surface area contributed by atoms with Gasteiger partial charge in [0.2, 0.25) is 3.79 Å². The van der Waals surface area contributed by atoms with Crippen molar-refractivity contribution in [3.8, 4) is 0 Å². The van der Waals surface area contributed by atoms with E-state index in [1.54, 1.807) is 0 Å². The summed E-state index contributed by atoms with van der Waals surface area (Å²) in [6.07, 6.45) is 21.5. The number of hydrogen-bond acceptors (Lipinski definition) is 1. The van der Waals surface area contributed by atoms with Crippen LogP contribution in [0.4, 0.5) is 0 Å². The molecule has 0 heterocycles. The number of rotatable bonds is 17. The van der Waals surface area contributed by atoms with Crippen LogP contribution in [0.5, 0.6) is 0 Å². The molecule has 0 aromatic heterocycles. The van der Waals surface area contributed by atoms with E-state index in [1.165, 1.54) is 89.9 Å². The summed E-state index contributed by atoms with van der Waals surface area (Å²) < 4.78 is -1.73. The lowest BCUT2D eigenvalue weighted by molar-refractivity contribution is -0.118. The number of unbranched alkanes of at least 4 members (excludes halogenated alkanes) is 15. The van der Waals surface area contributed by atoms with Gasteiger partial charge in [0.15, 0.2) is 5.78 Å². The largest absolute Gasteiger partial charge is 0.295 e. The van der Waals surface area contributed by atoms with Crippen LogP contribution in [0.3, 0.4) is 0 Å². The Morgan fingerprint density at radius 1 is 0.600 bits per heavy atom. The Bertz CT molecular complexity index is 293. The van der Waals surface area contributed by atoms with Gasteiger partial charge in [-0.05, 0) is 17.4 Å². The quantitative estimate of drug-likeness (QED) is 0.136. The molecule has 0 N–H and O–H groups in total. The summed E-state index contributed by atoms with van der Waals surface area (Å²) in [5.74, 6) is -0.280. The van der Waals surface area contributed by atoms with Crippen molar-refractivity contribution >= 4 is 51.6 Å². The predicted octanol–water partition coefficient (Wildman–Crippen LogP) is 7.13. The molecule has 0 aromatic rings. The van der Waals surface area contributed by atoms with Crippen LogP contribution >= 0.6 is 34.8 Å². The van der Waals surface area contributed by atoms with E-state index in [4.69, 9.17) is 34.8 Å². The molecule has 5 heteroatoms. The molecule has 0 saturated carbocycles. The molecule has 0 aliphatic rings. The summed E-state index contributed by atoms with van der Waals surface area (Å²) in [6, 6.07) is 0. The second kappa shape index (κ2) is 19.5. The Balaban J connectivity index is 0. The topological polar surface area (TPSA) is 17.1 Å². The average Bonchev–Trinajstić information content (AvgIpc) is 2.53. The molecule has 0 aliphatic heterocycles. The van der Waals surface area contributed by atoms with Gasteiger partial charge in [0.25, 0.3) is 0 Å². The number of ketones is 1. The first-order valence-corrected chi connectivity index (χ1v) is 11.2. The fourth-order valence-electron chi connectivity index (χ4n) is 2.98. The minimum atomic E-state index is -1.73. The SMILES string of the molecule is CCCCCCCCCCCCCCCCCCC(=O)C(Cl)(Cl)Cl.[SiH4]. The molecule has 0 rings (SSSR count). The fraction of sp³-hybridized carbons (Fsp3) is 0.950. The van der Waals surface area contributed by atoms with E-state index in [0.29, 0.717) is 6.42 Å². The lowest BCUT2D eigenvalue weighted by atomic mass is 10.0. The van der Waals surface area contributed by atoms with Crippen LogP contribution in [0.15, 0.2) is 0 Å². The second-order valence-electron chi connectivity index (χ2n) is 6.97. The summed E-state index contributed by atoms with van der Waals surface area (Å²) in [6.45, 7) is 2.27. The highest BCUT2D eigenvalue weighted by Gasteiger charge is 2.29. The minimum Gasteiger partial charge on any atom is -0.295 e. The Morgan fingerprint density at radius 3 is 1.16 bits per heavy atom. The lowest BCUT2D eigenvalue weighted by Gasteiger charge is -2.08. The fourth-order valence-corrected chi connectivity index (χ4v) is 3.26. The van der Waals surface area contributed by atoms with Crippen molar-refractivity contribution in [3.05, 3.63) is 0 Å². The van der Waals surface area contributed by atoms with Crippen LogP contribution in [-0.4, -0.2) is 20.5 Å². The van der Waals surface area contributed by atoms with Crippen LogP contribution in [0.25, 0.3) is 0 Å². The van der Waals surface area contributed by atoms with Crippen LogP contribution in [0.2, 0.25) is 0 Å². The number of carbonyl (C=O) groups is 1. The normalized spacial score (nSPS) is 11.4. The monoisotopic (exact) mass is 430 g/mol. The first kappa shape index (κ1) is 28.0. The van der Waals surface area contributed by atoms with Crippen LogP contribution in [0, 0.1) is 0 Å². The Morgan fingerprint density at radius 2 is 0.880 bits per heavy atom. The number of alkyl halides is 3. The van der Waals surface area contributed by atoms with Crippen molar-refractivity contribution in [1.82, 2.24) is 0 Å². The maximum absolute atomic E-state index is 11.4. The zero-order valence-electron chi connectivity index (χ0n) is 15.6. The number of Topliss-reactive ketones (excluding diaryl/α,β-unsaturated/α-hetero) is 1. The van der Waals surface area contributed by atoms with Gasteiger partial charge >= 0.3 is 0 Å². The smallest absolute Gasteiger partial charge is 0.248 e. The maximum Gasteiger partial charge on any atom is 0.248 e. The Labute approximate surface area is 176 Å². The molecule has 1 nitrogen and oxygen atoms in total. The van der Waals surface area contributed by atoms with Crippen molar-refractivity contribution in [1.29, 1.82) is 0 Å². The van der Waals surface area contributed by atoms with Gasteiger partial charge in [0, 0.05) is 6.42 Å². The molecular formula is C20H41Cl3OSi. The number of carbonyl (C=O) groups excluding carboxylic acids is 1. The molecular weight excluding hydrogens is 391 g/mol. The zero-order valence-corrected chi connectivity index (χ0v) is 17.8. The van der Waals surface area contributed by atoms with Gasteiger partial charge < -0.3 is 0 Å². The number of hydrogen-bond donors (Lipinski definition) is 0. The van der Waals surface area contributed by atoms with Crippen LogP contribution in [0.1, 0.15) is 116 Å². The molecule has 0 fully saturated rings. The maximum atomic E-state index is 11.4. The van der Waals surface area contributed by atoms with Crippen LogP contribution < -0.4 is 0 Å². The van der Waals surface area contributed by atoms with Crippen molar-refractivity contribution in [2.45, 2.75) is 120 Å². The zero-order chi connectivity index (χ0) is 18.1. The third-order valence-corrected chi connectivity index (χ3v) is 5.21. The minimum absolute atomic E-state index is 0. The van der Waals surface area contributed by atoms with E-state index >= 15 is 0 Å². The van der Waals surface area contributed by atoms with Gasteiger partial charge in [-0.25, -0.2) is 0 Å². The van der Waals surface area contributed by atoms with Crippen molar-refractivity contribution in [2.24, 2.45) is 0 Å². The molecule has 0 spiro atoms. The van der Waals surface area contributed by atoms with Gasteiger partial charge in [-0.15, -0.1) is 0 Å². The molecule has 0 saturated heterocycles. The molecule has 0 unspecified atom stereocenters. The molecule has 0 radical (unpaired) electrons. The molecule has 25 heavy (non-hydrogen) atoms. The summed E-state index contributed by atoms with van der Waals surface area (Å²) in [5, 5.41) is 0. The lowest BCUT2D eigenvalue weighted by Crippen LogP contribution is -2.18. The molecule has 0 aliphatic carbocycles. The average molecular weight is 432 g/mol. The highest BCUT2D eigenvalue weighted by atomic mass is 35.6. The second-order valence-corrected chi connectivity index (χ2v) is 9.26. The van der Waals surface area contributed by atoms with E-state index in [0.717, 1.165) is 12.8 Å². The van der Waals surface area contributed by atoms with E-state index in [1.807, 2.05) is 0 Å². The first-order valence-electron chi connectivity index (χ1n) is 10.1. The Kier molecular flexibility index (Phi) is 21.8. The third-order valence-electron chi connectivity index (χ3n) is 4.57. The van der Waals surface area contributed by atoms with Gasteiger partial charge in [-0.1, -0.05) is 138 Å².